The summed E-state index contributed by atoms with van der Waals surface area (Å²) >= 11 is 5.86. The molecule has 1 fully saturated rings. The van der Waals surface area contributed by atoms with Crippen LogP contribution in [0.15, 0.2) is 24.3 Å². The van der Waals surface area contributed by atoms with Crippen LogP contribution in [-0.2, 0) is 5.41 Å². The fourth-order valence-electron chi connectivity index (χ4n) is 2.15. The minimum atomic E-state index is -0.326. The molecular formula is C12H16ClNO. The molecule has 0 radical (unpaired) electrons. The van der Waals surface area contributed by atoms with Gasteiger partial charge < -0.3 is 10.4 Å². The number of hydrogen-bond acceptors (Lipinski definition) is 2. The number of aliphatic hydroxyl groups excluding tert-OH is 1. The highest BCUT2D eigenvalue weighted by molar-refractivity contribution is 6.30. The zero-order chi connectivity index (χ0) is 10.9. The number of piperidine rings is 1. The molecule has 0 aromatic heterocycles. The molecule has 82 valence electrons. The number of nitrogens with one attached hydrogen (secondary N) is 1. The van der Waals surface area contributed by atoms with E-state index in [1.165, 1.54) is 5.56 Å². The molecule has 0 amide bonds. The highest BCUT2D eigenvalue weighted by Crippen LogP contribution is 2.33. The second-order valence-corrected chi connectivity index (χ2v) is 4.83. The Morgan fingerprint density at radius 3 is 2.67 bits per heavy atom. The van der Waals surface area contributed by atoms with Crippen molar-refractivity contribution in [3.8, 4) is 0 Å². The summed E-state index contributed by atoms with van der Waals surface area (Å²) in [6, 6.07) is 7.79. The molecule has 0 saturated carbocycles. The molecule has 1 aliphatic heterocycles. The third-order valence-corrected chi connectivity index (χ3v) is 3.65. The van der Waals surface area contributed by atoms with Gasteiger partial charge in [0, 0.05) is 17.0 Å². The zero-order valence-electron chi connectivity index (χ0n) is 8.83. The van der Waals surface area contributed by atoms with Gasteiger partial charge in [0.15, 0.2) is 0 Å². The Balaban J connectivity index is 2.30. The Morgan fingerprint density at radius 1 is 1.40 bits per heavy atom. The van der Waals surface area contributed by atoms with Gasteiger partial charge in [0.2, 0.25) is 0 Å². The largest absolute Gasteiger partial charge is 0.391 e. The number of halogens is 1. The molecule has 1 aromatic rings. The molecule has 1 aromatic carbocycles. The van der Waals surface area contributed by atoms with E-state index < -0.39 is 0 Å². The maximum absolute atomic E-state index is 10.1. The lowest BCUT2D eigenvalue weighted by Crippen LogP contribution is -2.50. The predicted molar refractivity (Wildman–Crippen MR) is 62.3 cm³/mol. The minimum Gasteiger partial charge on any atom is -0.391 e. The number of benzene rings is 1. The van der Waals surface area contributed by atoms with E-state index in [1.54, 1.807) is 0 Å². The molecular weight excluding hydrogens is 210 g/mol. The van der Waals surface area contributed by atoms with Crippen LogP contribution in [0.5, 0.6) is 0 Å². The summed E-state index contributed by atoms with van der Waals surface area (Å²) in [4.78, 5) is 0. The van der Waals surface area contributed by atoms with Crippen LogP contribution in [0, 0.1) is 0 Å². The van der Waals surface area contributed by atoms with Crippen molar-refractivity contribution in [2.24, 2.45) is 0 Å². The molecule has 0 bridgehead atoms. The van der Waals surface area contributed by atoms with Crippen molar-refractivity contribution in [2.75, 3.05) is 13.1 Å². The monoisotopic (exact) mass is 225 g/mol. The minimum absolute atomic E-state index is 0.143. The Hall–Kier alpha value is -0.570. The Morgan fingerprint density at radius 2 is 2.07 bits per heavy atom. The molecule has 1 heterocycles. The normalized spacial score (nSPS) is 31.5. The summed E-state index contributed by atoms with van der Waals surface area (Å²) in [7, 11) is 0. The second-order valence-electron chi connectivity index (χ2n) is 4.39. The fraction of sp³-hybridized carbons (Fsp3) is 0.500. The molecule has 2 rings (SSSR count). The molecule has 1 saturated heterocycles. The van der Waals surface area contributed by atoms with Gasteiger partial charge in [-0.1, -0.05) is 30.7 Å². The van der Waals surface area contributed by atoms with Crippen LogP contribution in [0.25, 0.3) is 0 Å². The average Bonchev–Trinajstić information content (AvgIpc) is 2.23. The summed E-state index contributed by atoms with van der Waals surface area (Å²) in [5.74, 6) is 0. The van der Waals surface area contributed by atoms with Gasteiger partial charge in [-0.25, -0.2) is 0 Å². The van der Waals surface area contributed by atoms with E-state index in [9.17, 15) is 5.11 Å². The lowest BCUT2D eigenvalue weighted by Gasteiger charge is -2.39. The van der Waals surface area contributed by atoms with Crippen molar-refractivity contribution in [3.63, 3.8) is 0 Å². The average molecular weight is 226 g/mol. The van der Waals surface area contributed by atoms with Gasteiger partial charge >= 0.3 is 0 Å². The molecule has 15 heavy (non-hydrogen) atoms. The van der Waals surface area contributed by atoms with E-state index in [0.29, 0.717) is 6.54 Å². The molecule has 2 nitrogen and oxygen atoms in total. The molecule has 2 N–H and O–H groups in total. The van der Waals surface area contributed by atoms with Crippen molar-refractivity contribution < 1.29 is 5.11 Å². The molecule has 0 aliphatic carbocycles. The molecule has 3 heteroatoms. The maximum atomic E-state index is 10.1. The third kappa shape index (κ3) is 2.03. The van der Waals surface area contributed by atoms with Gasteiger partial charge in [0.05, 0.1) is 6.10 Å². The molecule has 2 unspecified atom stereocenters. The Bertz CT molecular complexity index is 338. The van der Waals surface area contributed by atoms with Gasteiger partial charge in [-0.2, -0.15) is 0 Å². The molecule has 1 aliphatic rings. The van der Waals surface area contributed by atoms with Gasteiger partial charge in [-0.3, -0.25) is 0 Å². The van der Waals surface area contributed by atoms with E-state index >= 15 is 0 Å². The number of rotatable bonds is 1. The summed E-state index contributed by atoms with van der Waals surface area (Å²) in [6.45, 7) is 3.73. The van der Waals surface area contributed by atoms with Gasteiger partial charge in [-0.05, 0) is 30.7 Å². The van der Waals surface area contributed by atoms with E-state index in [4.69, 9.17) is 11.6 Å². The quantitative estimate of drug-likeness (QED) is 0.766. The first-order chi connectivity index (χ1) is 7.13. The summed E-state index contributed by atoms with van der Waals surface area (Å²) in [6.07, 6.45) is 0.628. The van der Waals surface area contributed by atoms with E-state index in [2.05, 4.69) is 12.2 Å². The number of β-amino-alcohol motifs (C(OH)–C–C–N with tert-alkyl or cyclic N) is 1. The second kappa shape index (κ2) is 4.12. The number of aliphatic hydroxyl groups is 1. The zero-order valence-corrected chi connectivity index (χ0v) is 9.59. The fourth-order valence-corrected chi connectivity index (χ4v) is 2.27. The molecule has 0 spiro atoms. The summed E-state index contributed by atoms with van der Waals surface area (Å²) in [5.41, 5.74) is 1.02. The van der Waals surface area contributed by atoms with E-state index in [-0.39, 0.29) is 11.5 Å². The van der Waals surface area contributed by atoms with Crippen molar-refractivity contribution in [1.82, 2.24) is 5.32 Å². The SMILES string of the molecule is CC1(c2ccc(Cl)cc2)CCNCC1O. The van der Waals surface area contributed by atoms with Gasteiger partial charge in [0.1, 0.15) is 0 Å². The lowest BCUT2D eigenvalue weighted by atomic mass is 9.73. The van der Waals surface area contributed by atoms with Crippen molar-refractivity contribution in [2.45, 2.75) is 24.9 Å². The van der Waals surface area contributed by atoms with Crippen molar-refractivity contribution in [1.29, 1.82) is 0 Å². The smallest absolute Gasteiger partial charge is 0.0758 e. The first-order valence-electron chi connectivity index (χ1n) is 5.28. The Labute approximate surface area is 95.3 Å². The van der Waals surface area contributed by atoms with Crippen molar-refractivity contribution in [3.05, 3.63) is 34.9 Å². The first-order valence-corrected chi connectivity index (χ1v) is 5.65. The Kier molecular flexibility index (Phi) is 3.01. The van der Waals surface area contributed by atoms with Gasteiger partial charge in [0.25, 0.3) is 0 Å². The summed E-state index contributed by atoms with van der Waals surface area (Å²) in [5, 5.41) is 14.0. The van der Waals surface area contributed by atoms with Crippen LogP contribution >= 0.6 is 11.6 Å². The van der Waals surface area contributed by atoms with Crippen LogP contribution < -0.4 is 5.32 Å². The van der Waals surface area contributed by atoms with E-state index in [0.717, 1.165) is 18.0 Å². The maximum Gasteiger partial charge on any atom is 0.0758 e. The van der Waals surface area contributed by atoms with Crippen LogP contribution in [0.4, 0.5) is 0 Å². The standard InChI is InChI=1S/C12H16ClNO/c1-12(6-7-14-8-11(12)15)9-2-4-10(13)5-3-9/h2-5,11,14-15H,6-8H2,1H3. The first kappa shape index (κ1) is 10.9. The van der Waals surface area contributed by atoms with Gasteiger partial charge in [-0.15, -0.1) is 0 Å². The lowest BCUT2D eigenvalue weighted by molar-refractivity contribution is 0.0639. The van der Waals surface area contributed by atoms with Crippen molar-refractivity contribution >= 4 is 11.6 Å². The van der Waals surface area contributed by atoms with Crippen LogP contribution in [0.3, 0.4) is 0 Å². The predicted octanol–water partition coefficient (Wildman–Crippen LogP) is 1.95. The number of hydrogen-bond donors (Lipinski definition) is 2. The topological polar surface area (TPSA) is 32.3 Å². The molecule has 2 atom stereocenters. The highest BCUT2D eigenvalue weighted by atomic mass is 35.5. The van der Waals surface area contributed by atoms with Crippen LogP contribution in [-0.4, -0.2) is 24.3 Å². The third-order valence-electron chi connectivity index (χ3n) is 3.40. The highest BCUT2D eigenvalue weighted by Gasteiger charge is 2.36. The van der Waals surface area contributed by atoms with Crippen LogP contribution in [0.2, 0.25) is 5.02 Å². The van der Waals surface area contributed by atoms with E-state index in [1.807, 2.05) is 24.3 Å². The summed E-state index contributed by atoms with van der Waals surface area (Å²) < 4.78 is 0. The van der Waals surface area contributed by atoms with Crippen LogP contribution in [0.1, 0.15) is 18.9 Å².